The van der Waals surface area contributed by atoms with Crippen LogP contribution in [0.1, 0.15) is 0 Å². The van der Waals surface area contributed by atoms with Crippen molar-refractivity contribution in [3.63, 3.8) is 0 Å². The molecular formula is C60H38N2O. The summed E-state index contributed by atoms with van der Waals surface area (Å²) < 4.78 is 8.73. The van der Waals surface area contributed by atoms with E-state index in [2.05, 4.69) is 228 Å². The second-order valence-electron chi connectivity index (χ2n) is 16.5. The zero-order valence-corrected chi connectivity index (χ0v) is 34.2. The minimum absolute atomic E-state index is 0.874. The standard InChI is InChI=1S/C60H38N2O/c1-3-14-48-40(11-1)13-9-18-49(48)41-25-32-46(33-26-41)61(47-34-27-42(28-35-47)54-38-44-12-2-4-15-50(44)51-16-5-6-17-52(51)54)45-30-23-39(24-31-45)43-29-36-56-55(37-43)53-19-10-22-59-60(53)62(56)57-20-7-8-21-58(57)63-59/h1-38H. The summed E-state index contributed by atoms with van der Waals surface area (Å²) in [4.78, 5) is 2.37. The van der Waals surface area contributed by atoms with Gasteiger partial charge in [-0.1, -0.05) is 158 Å². The molecule has 0 radical (unpaired) electrons. The van der Waals surface area contributed by atoms with Gasteiger partial charge in [-0.15, -0.1) is 0 Å². The molecule has 0 fully saturated rings. The van der Waals surface area contributed by atoms with Crippen molar-refractivity contribution in [3.8, 4) is 50.6 Å². The third-order valence-electron chi connectivity index (χ3n) is 13.0. The number of ether oxygens (including phenoxy) is 1. The van der Waals surface area contributed by atoms with Crippen LogP contribution < -0.4 is 9.64 Å². The minimum atomic E-state index is 0.874. The first-order valence-electron chi connectivity index (χ1n) is 21.6. The van der Waals surface area contributed by atoms with Crippen molar-refractivity contribution in [2.75, 3.05) is 4.90 Å². The molecule has 1 aliphatic heterocycles. The van der Waals surface area contributed by atoms with E-state index in [1.807, 2.05) is 12.1 Å². The molecule has 2 heterocycles. The van der Waals surface area contributed by atoms with Crippen LogP contribution in [0.4, 0.5) is 17.1 Å². The second kappa shape index (κ2) is 14.1. The third kappa shape index (κ3) is 5.67. The van der Waals surface area contributed by atoms with Crippen molar-refractivity contribution < 1.29 is 4.74 Å². The van der Waals surface area contributed by atoms with Crippen molar-refractivity contribution >= 4 is 71.2 Å². The van der Waals surface area contributed by atoms with Crippen LogP contribution in [0.15, 0.2) is 231 Å². The Bertz CT molecular complexity index is 3750. The van der Waals surface area contributed by atoms with E-state index in [-0.39, 0.29) is 0 Å². The number of anilines is 3. The Balaban J connectivity index is 0.908. The minimum Gasteiger partial charge on any atom is -0.453 e. The Kier molecular flexibility index (Phi) is 7.91. The first-order chi connectivity index (χ1) is 31.2. The first kappa shape index (κ1) is 35.4. The fourth-order valence-electron chi connectivity index (χ4n) is 10.00. The van der Waals surface area contributed by atoms with Crippen LogP contribution >= 0.6 is 0 Å². The molecule has 63 heavy (non-hydrogen) atoms. The Hall–Kier alpha value is -8.40. The van der Waals surface area contributed by atoms with Gasteiger partial charge in [-0.2, -0.15) is 0 Å². The lowest BCUT2D eigenvalue weighted by Gasteiger charge is -2.26. The maximum Gasteiger partial charge on any atom is 0.152 e. The van der Waals surface area contributed by atoms with Crippen LogP contribution in [-0.2, 0) is 0 Å². The van der Waals surface area contributed by atoms with Crippen molar-refractivity contribution in [2.24, 2.45) is 0 Å². The first-order valence-corrected chi connectivity index (χ1v) is 21.6. The lowest BCUT2D eigenvalue weighted by atomic mass is 9.93. The number of aromatic nitrogens is 1. The molecule has 13 rings (SSSR count). The van der Waals surface area contributed by atoms with E-state index < -0.39 is 0 Å². The predicted octanol–water partition coefficient (Wildman–Crippen LogP) is 16.8. The van der Waals surface area contributed by atoms with Crippen molar-refractivity contribution in [2.45, 2.75) is 0 Å². The Morgan fingerprint density at radius 2 is 0.857 bits per heavy atom. The molecule has 1 aromatic heterocycles. The fourth-order valence-corrected chi connectivity index (χ4v) is 10.00. The molecular weight excluding hydrogens is 765 g/mol. The molecule has 0 saturated heterocycles. The normalized spacial score (nSPS) is 11.9. The van der Waals surface area contributed by atoms with Gasteiger partial charge in [-0.25, -0.2) is 0 Å². The van der Waals surface area contributed by atoms with E-state index in [0.717, 1.165) is 45.3 Å². The SMILES string of the molecule is c1ccc2c(c1)Oc1cccc3c4cc(-c5ccc(N(c6ccc(-c7cccc8ccccc78)cc6)c6ccc(-c7cc8ccccc8c8ccccc78)cc6)cc5)ccc4n-2c13. The molecule has 11 aromatic carbocycles. The van der Waals surface area contributed by atoms with Crippen LogP contribution in [0, 0.1) is 0 Å². The van der Waals surface area contributed by atoms with Gasteiger partial charge in [0, 0.05) is 27.8 Å². The van der Waals surface area contributed by atoms with E-state index in [9.17, 15) is 0 Å². The summed E-state index contributed by atoms with van der Waals surface area (Å²) in [6.45, 7) is 0. The molecule has 0 bridgehead atoms. The highest BCUT2D eigenvalue weighted by molar-refractivity contribution is 6.14. The monoisotopic (exact) mass is 802 g/mol. The maximum absolute atomic E-state index is 6.38. The lowest BCUT2D eigenvalue weighted by molar-refractivity contribution is 0.476. The molecule has 12 aromatic rings. The van der Waals surface area contributed by atoms with Gasteiger partial charge in [-0.3, -0.25) is 0 Å². The zero-order valence-electron chi connectivity index (χ0n) is 34.2. The molecule has 1 aliphatic rings. The molecule has 0 amide bonds. The number of benzene rings is 11. The van der Waals surface area contributed by atoms with Gasteiger partial charge in [0.2, 0.25) is 0 Å². The Labute approximate surface area is 364 Å². The van der Waals surface area contributed by atoms with Crippen LogP contribution in [0.2, 0.25) is 0 Å². The summed E-state index contributed by atoms with van der Waals surface area (Å²) in [7, 11) is 0. The van der Waals surface area contributed by atoms with Gasteiger partial charge in [0.25, 0.3) is 0 Å². The van der Waals surface area contributed by atoms with Gasteiger partial charge in [-0.05, 0) is 138 Å². The van der Waals surface area contributed by atoms with Crippen LogP contribution in [0.5, 0.6) is 11.5 Å². The molecule has 0 saturated carbocycles. The fraction of sp³-hybridized carbons (Fsp3) is 0. The highest BCUT2D eigenvalue weighted by atomic mass is 16.5. The summed E-state index contributed by atoms with van der Waals surface area (Å²) in [5, 5.41) is 9.95. The second-order valence-corrected chi connectivity index (χ2v) is 16.5. The summed E-state index contributed by atoms with van der Waals surface area (Å²) in [6.07, 6.45) is 0. The van der Waals surface area contributed by atoms with Crippen LogP contribution in [-0.4, -0.2) is 4.57 Å². The van der Waals surface area contributed by atoms with Crippen molar-refractivity contribution in [1.29, 1.82) is 0 Å². The van der Waals surface area contributed by atoms with Crippen molar-refractivity contribution in [1.82, 2.24) is 4.57 Å². The van der Waals surface area contributed by atoms with E-state index >= 15 is 0 Å². The van der Waals surface area contributed by atoms with Gasteiger partial charge < -0.3 is 14.2 Å². The summed E-state index contributed by atoms with van der Waals surface area (Å²) >= 11 is 0. The topological polar surface area (TPSA) is 17.4 Å². The van der Waals surface area contributed by atoms with Gasteiger partial charge in [0.15, 0.2) is 11.5 Å². The lowest BCUT2D eigenvalue weighted by Crippen LogP contribution is -2.09. The third-order valence-corrected chi connectivity index (χ3v) is 13.0. The number of fused-ring (bicyclic) bond motifs is 9. The van der Waals surface area contributed by atoms with Crippen LogP contribution in [0.25, 0.3) is 93.2 Å². The molecule has 3 heteroatoms. The largest absolute Gasteiger partial charge is 0.453 e. The average Bonchev–Trinajstić information content (AvgIpc) is 3.69. The number of hydrogen-bond acceptors (Lipinski definition) is 2. The van der Waals surface area contributed by atoms with Gasteiger partial charge in [0.1, 0.15) is 0 Å². The molecule has 0 atom stereocenters. The maximum atomic E-state index is 6.38. The molecule has 294 valence electrons. The molecule has 0 aliphatic carbocycles. The summed E-state index contributed by atoms with van der Waals surface area (Å²) in [5.74, 6) is 1.76. The number of hydrogen-bond donors (Lipinski definition) is 0. The Morgan fingerprint density at radius 1 is 0.317 bits per heavy atom. The summed E-state index contributed by atoms with van der Waals surface area (Å²) in [5.41, 5.74) is 13.8. The van der Waals surface area contributed by atoms with Crippen molar-refractivity contribution in [3.05, 3.63) is 231 Å². The van der Waals surface area contributed by atoms with E-state index in [1.165, 1.54) is 76.4 Å². The zero-order chi connectivity index (χ0) is 41.4. The number of rotatable bonds is 6. The van der Waals surface area contributed by atoms with Crippen LogP contribution in [0.3, 0.4) is 0 Å². The molecule has 3 nitrogen and oxygen atoms in total. The predicted molar refractivity (Wildman–Crippen MR) is 264 cm³/mol. The van der Waals surface area contributed by atoms with Gasteiger partial charge >= 0.3 is 0 Å². The molecule has 0 N–H and O–H groups in total. The smallest absolute Gasteiger partial charge is 0.152 e. The molecule has 0 unspecified atom stereocenters. The average molecular weight is 803 g/mol. The van der Waals surface area contributed by atoms with E-state index in [4.69, 9.17) is 4.74 Å². The van der Waals surface area contributed by atoms with E-state index in [0.29, 0.717) is 0 Å². The number of para-hydroxylation sites is 3. The number of nitrogens with zero attached hydrogens (tertiary/aromatic N) is 2. The highest BCUT2D eigenvalue weighted by Gasteiger charge is 2.24. The van der Waals surface area contributed by atoms with E-state index in [1.54, 1.807) is 0 Å². The summed E-state index contributed by atoms with van der Waals surface area (Å²) in [6, 6.07) is 83.5. The molecule has 0 spiro atoms. The Morgan fingerprint density at radius 3 is 1.62 bits per heavy atom. The van der Waals surface area contributed by atoms with Gasteiger partial charge in [0.05, 0.1) is 16.7 Å². The quantitative estimate of drug-likeness (QED) is 0.156. The highest BCUT2D eigenvalue weighted by Crippen LogP contribution is 2.46.